The Hall–Kier alpha value is -0.780. The summed E-state index contributed by atoms with van der Waals surface area (Å²) in [4.78, 5) is 11.4. The first-order valence-electron chi connectivity index (χ1n) is 3.67. The summed E-state index contributed by atoms with van der Waals surface area (Å²) < 4.78 is 22.3. The molecule has 0 aromatic heterocycles. The van der Waals surface area contributed by atoms with E-state index in [1.807, 2.05) is 0 Å². The van der Waals surface area contributed by atoms with Gasteiger partial charge < -0.3 is 10.0 Å². The van der Waals surface area contributed by atoms with Crippen molar-refractivity contribution in [1.29, 1.82) is 0 Å². The zero-order valence-corrected chi connectivity index (χ0v) is 7.54. The molecule has 1 aliphatic heterocycles. The van der Waals surface area contributed by atoms with E-state index in [-0.39, 0.29) is 18.8 Å². The molecule has 0 aromatic rings. The zero-order chi connectivity index (χ0) is 9.35. The van der Waals surface area contributed by atoms with Crippen LogP contribution in [0.4, 0.5) is 4.79 Å². The topological polar surface area (TPSA) is 74.7 Å². The van der Waals surface area contributed by atoms with Crippen molar-refractivity contribution >= 4 is 15.9 Å². The molecule has 0 saturated carbocycles. The molecule has 0 aliphatic carbocycles. The zero-order valence-electron chi connectivity index (χ0n) is 6.73. The van der Waals surface area contributed by atoms with Gasteiger partial charge in [0.2, 0.25) is 0 Å². The minimum atomic E-state index is -3.03. The van der Waals surface area contributed by atoms with Gasteiger partial charge in [-0.05, 0) is 0 Å². The summed E-state index contributed by atoms with van der Waals surface area (Å²) >= 11 is 0. The van der Waals surface area contributed by atoms with Crippen LogP contribution in [0.1, 0.15) is 6.92 Å². The summed E-state index contributed by atoms with van der Waals surface area (Å²) in [7, 11) is -3.03. The van der Waals surface area contributed by atoms with Gasteiger partial charge in [-0.1, -0.05) is 6.92 Å². The van der Waals surface area contributed by atoms with E-state index in [0.29, 0.717) is 0 Å². The van der Waals surface area contributed by atoms with Crippen LogP contribution in [0.3, 0.4) is 0 Å². The Labute approximate surface area is 70.9 Å². The number of amides is 1. The third kappa shape index (κ3) is 1.52. The fourth-order valence-corrected chi connectivity index (χ4v) is 2.34. The van der Waals surface area contributed by atoms with Gasteiger partial charge in [-0.25, -0.2) is 13.2 Å². The van der Waals surface area contributed by atoms with Crippen molar-refractivity contribution in [1.82, 2.24) is 4.90 Å². The maximum absolute atomic E-state index is 11.1. The van der Waals surface area contributed by atoms with Crippen LogP contribution in [-0.4, -0.2) is 48.6 Å². The molecular formula is C6H11NO4S. The molecule has 70 valence electrons. The van der Waals surface area contributed by atoms with E-state index in [2.05, 4.69) is 0 Å². The molecule has 1 aliphatic rings. The van der Waals surface area contributed by atoms with Crippen molar-refractivity contribution in [3.63, 3.8) is 0 Å². The average molecular weight is 193 g/mol. The van der Waals surface area contributed by atoms with Crippen LogP contribution in [0.25, 0.3) is 0 Å². The number of hydrogen-bond acceptors (Lipinski definition) is 3. The first kappa shape index (κ1) is 9.31. The van der Waals surface area contributed by atoms with Crippen molar-refractivity contribution in [3.05, 3.63) is 0 Å². The summed E-state index contributed by atoms with van der Waals surface area (Å²) in [5.41, 5.74) is 0. The van der Waals surface area contributed by atoms with Gasteiger partial charge in [-0.2, -0.15) is 0 Å². The lowest BCUT2D eigenvalue weighted by atomic mass is 10.2. The van der Waals surface area contributed by atoms with E-state index < -0.39 is 21.2 Å². The molecule has 5 nitrogen and oxygen atoms in total. The second-order valence-electron chi connectivity index (χ2n) is 2.76. The summed E-state index contributed by atoms with van der Waals surface area (Å²) in [6.45, 7) is 1.83. The number of likely N-dealkylation sites (tertiary alicyclic amines) is 1. The van der Waals surface area contributed by atoms with E-state index in [0.717, 1.165) is 4.90 Å². The molecule has 0 spiro atoms. The predicted octanol–water partition coefficient (Wildman–Crippen LogP) is -0.217. The maximum Gasteiger partial charge on any atom is 0.407 e. The lowest BCUT2D eigenvalue weighted by Gasteiger charge is -2.36. The third-order valence-electron chi connectivity index (χ3n) is 2.03. The molecule has 0 atom stereocenters. The number of carbonyl (C=O) groups is 1. The second kappa shape index (κ2) is 2.93. The minimum absolute atomic E-state index is 0.0884. The van der Waals surface area contributed by atoms with Crippen LogP contribution in [0.2, 0.25) is 0 Å². The van der Waals surface area contributed by atoms with E-state index in [9.17, 15) is 13.2 Å². The van der Waals surface area contributed by atoms with Gasteiger partial charge in [0.05, 0.1) is 5.25 Å². The van der Waals surface area contributed by atoms with Crippen LogP contribution < -0.4 is 0 Å². The molecule has 1 rings (SSSR count). The lowest BCUT2D eigenvalue weighted by molar-refractivity contribution is 0.120. The van der Waals surface area contributed by atoms with Gasteiger partial charge in [0.25, 0.3) is 0 Å². The Bertz CT molecular complexity index is 278. The number of carboxylic acid groups (broad SMARTS) is 1. The first-order valence-corrected chi connectivity index (χ1v) is 5.38. The smallest absolute Gasteiger partial charge is 0.407 e. The van der Waals surface area contributed by atoms with Crippen LogP contribution in [0.15, 0.2) is 0 Å². The van der Waals surface area contributed by atoms with Gasteiger partial charge >= 0.3 is 6.09 Å². The van der Waals surface area contributed by atoms with E-state index in [4.69, 9.17) is 5.11 Å². The first-order chi connectivity index (χ1) is 5.47. The largest absolute Gasteiger partial charge is 0.465 e. The van der Waals surface area contributed by atoms with Gasteiger partial charge in [0.15, 0.2) is 9.84 Å². The number of nitrogens with zero attached hydrogens (tertiary/aromatic N) is 1. The maximum atomic E-state index is 11.1. The molecule has 0 aromatic carbocycles. The Morgan fingerprint density at radius 3 is 2.42 bits per heavy atom. The highest BCUT2D eigenvalue weighted by Gasteiger charge is 2.38. The molecule has 0 bridgehead atoms. The highest BCUT2D eigenvalue weighted by Crippen LogP contribution is 2.16. The molecule has 6 heteroatoms. The predicted molar refractivity (Wildman–Crippen MR) is 42.8 cm³/mol. The van der Waals surface area contributed by atoms with Crippen molar-refractivity contribution in [2.75, 3.05) is 18.8 Å². The van der Waals surface area contributed by atoms with Gasteiger partial charge in [0.1, 0.15) is 0 Å². The molecular weight excluding hydrogens is 182 g/mol. The van der Waals surface area contributed by atoms with Crippen LogP contribution in [-0.2, 0) is 9.84 Å². The van der Waals surface area contributed by atoms with Crippen molar-refractivity contribution in [2.45, 2.75) is 12.2 Å². The highest BCUT2D eigenvalue weighted by molar-refractivity contribution is 7.92. The second-order valence-corrected chi connectivity index (χ2v) is 5.33. The molecule has 12 heavy (non-hydrogen) atoms. The van der Waals surface area contributed by atoms with E-state index >= 15 is 0 Å². The number of hydrogen-bond donors (Lipinski definition) is 1. The Morgan fingerprint density at radius 1 is 1.58 bits per heavy atom. The fraction of sp³-hybridized carbons (Fsp3) is 0.833. The summed E-state index contributed by atoms with van der Waals surface area (Å²) in [6.07, 6.45) is -1.04. The summed E-state index contributed by atoms with van der Waals surface area (Å²) in [6, 6.07) is 0. The van der Waals surface area contributed by atoms with Crippen molar-refractivity contribution < 1.29 is 18.3 Å². The molecule has 1 N–H and O–H groups in total. The van der Waals surface area contributed by atoms with Crippen LogP contribution in [0.5, 0.6) is 0 Å². The standard InChI is InChI=1S/C6H11NO4S/c1-2-12(10,11)5-3-7(4-5)6(8)9/h5H,2-4H2,1H3,(H,8,9). The average Bonchev–Trinajstić information content (AvgIpc) is 1.82. The van der Waals surface area contributed by atoms with Crippen LogP contribution >= 0.6 is 0 Å². The lowest BCUT2D eigenvalue weighted by Crippen LogP contribution is -2.56. The van der Waals surface area contributed by atoms with Crippen LogP contribution in [0, 0.1) is 0 Å². The Kier molecular flexibility index (Phi) is 2.27. The third-order valence-corrected chi connectivity index (χ3v) is 4.15. The SMILES string of the molecule is CCS(=O)(=O)C1CN(C(=O)O)C1. The quantitative estimate of drug-likeness (QED) is 0.658. The summed E-state index contributed by atoms with van der Waals surface area (Å²) in [5.74, 6) is 0.0884. The summed E-state index contributed by atoms with van der Waals surface area (Å²) in [5, 5.41) is 7.95. The fourth-order valence-electron chi connectivity index (χ4n) is 1.06. The monoisotopic (exact) mass is 193 g/mol. The van der Waals surface area contributed by atoms with E-state index in [1.54, 1.807) is 6.92 Å². The van der Waals surface area contributed by atoms with Crippen molar-refractivity contribution in [3.8, 4) is 0 Å². The Morgan fingerprint density at radius 2 is 2.08 bits per heavy atom. The van der Waals surface area contributed by atoms with Gasteiger partial charge in [-0.3, -0.25) is 0 Å². The van der Waals surface area contributed by atoms with Gasteiger partial charge in [-0.15, -0.1) is 0 Å². The molecule has 0 unspecified atom stereocenters. The minimum Gasteiger partial charge on any atom is -0.465 e. The van der Waals surface area contributed by atoms with Gasteiger partial charge in [0, 0.05) is 18.8 Å². The van der Waals surface area contributed by atoms with Crippen molar-refractivity contribution in [2.24, 2.45) is 0 Å². The molecule has 1 heterocycles. The highest BCUT2D eigenvalue weighted by atomic mass is 32.2. The number of sulfone groups is 1. The molecule has 1 saturated heterocycles. The molecule has 0 radical (unpaired) electrons. The number of rotatable bonds is 2. The molecule has 1 amide bonds. The Balaban J connectivity index is 2.50. The normalized spacial score (nSPS) is 18.9. The van der Waals surface area contributed by atoms with E-state index in [1.165, 1.54) is 0 Å². The molecule has 1 fully saturated rings.